The lowest BCUT2D eigenvalue weighted by atomic mass is 10.1. The number of anilines is 1. The number of rotatable bonds is 2. The molecule has 0 aliphatic carbocycles. The molecule has 1 aromatic rings. The first-order valence-corrected chi connectivity index (χ1v) is 5.74. The van der Waals surface area contributed by atoms with E-state index in [1.165, 1.54) is 0 Å². The monoisotopic (exact) mass is 283 g/mol. The smallest absolute Gasteiger partial charge is 0.262 e. The minimum Gasteiger partial charge on any atom is -0.482 e. The number of hydrogen-bond donors (Lipinski definition) is 1. The van der Waals surface area contributed by atoms with Gasteiger partial charge in [-0.1, -0.05) is 15.9 Å². The number of fused-ring (bicyclic) bond motifs is 1. The van der Waals surface area contributed by atoms with Gasteiger partial charge in [-0.25, -0.2) is 0 Å². The van der Waals surface area contributed by atoms with Crippen molar-refractivity contribution in [3.63, 3.8) is 0 Å². The molecule has 1 N–H and O–H groups in total. The van der Waals surface area contributed by atoms with Crippen LogP contribution in [0.3, 0.4) is 0 Å². The summed E-state index contributed by atoms with van der Waals surface area (Å²) in [6.45, 7) is 1.78. The van der Waals surface area contributed by atoms with Gasteiger partial charge in [0.25, 0.3) is 5.91 Å². The van der Waals surface area contributed by atoms with E-state index in [9.17, 15) is 9.59 Å². The summed E-state index contributed by atoms with van der Waals surface area (Å²) in [5.74, 6) is 0.366. The molecule has 0 radical (unpaired) electrons. The van der Waals surface area contributed by atoms with Gasteiger partial charge in [0.2, 0.25) is 0 Å². The topological polar surface area (TPSA) is 55.4 Å². The van der Waals surface area contributed by atoms with Crippen molar-refractivity contribution >= 4 is 33.3 Å². The van der Waals surface area contributed by atoms with Gasteiger partial charge in [0.15, 0.2) is 12.4 Å². The number of benzene rings is 1. The Bertz CT molecular complexity index is 457. The van der Waals surface area contributed by atoms with Crippen molar-refractivity contribution in [2.45, 2.75) is 11.8 Å². The normalized spacial score (nSPS) is 15.8. The van der Waals surface area contributed by atoms with E-state index in [0.29, 0.717) is 17.0 Å². The Morgan fingerprint density at radius 3 is 3.00 bits per heavy atom. The predicted molar refractivity (Wildman–Crippen MR) is 63.3 cm³/mol. The molecule has 1 amide bonds. The summed E-state index contributed by atoms with van der Waals surface area (Å²) in [7, 11) is 0. The van der Waals surface area contributed by atoms with Crippen LogP contribution in [0.25, 0.3) is 0 Å². The molecule has 1 aliphatic rings. The highest BCUT2D eigenvalue weighted by molar-refractivity contribution is 9.10. The predicted octanol–water partition coefficient (Wildman–Crippen LogP) is 1.98. The zero-order valence-corrected chi connectivity index (χ0v) is 10.2. The quantitative estimate of drug-likeness (QED) is 0.667. The van der Waals surface area contributed by atoms with Crippen molar-refractivity contribution in [3.8, 4) is 5.75 Å². The SMILES string of the molecule is CC(Br)C(=O)c1ccc2c(c1)NC(=O)CO2. The highest BCUT2D eigenvalue weighted by Gasteiger charge is 2.19. The van der Waals surface area contributed by atoms with Gasteiger partial charge in [-0.2, -0.15) is 0 Å². The Labute approximate surface area is 101 Å². The standard InChI is InChI=1S/C11H10BrNO3/c1-6(12)11(15)7-2-3-9-8(4-7)13-10(14)5-16-9/h2-4,6H,5H2,1H3,(H,13,14). The Balaban J connectivity index is 2.35. The highest BCUT2D eigenvalue weighted by atomic mass is 79.9. The largest absolute Gasteiger partial charge is 0.482 e. The van der Waals surface area contributed by atoms with E-state index in [4.69, 9.17) is 4.74 Å². The third kappa shape index (κ3) is 2.09. The zero-order chi connectivity index (χ0) is 11.7. The molecule has 0 bridgehead atoms. The van der Waals surface area contributed by atoms with Crippen LogP contribution in [0.5, 0.6) is 5.75 Å². The van der Waals surface area contributed by atoms with Crippen molar-refractivity contribution in [2.24, 2.45) is 0 Å². The second kappa shape index (κ2) is 4.25. The van der Waals surface area contributed by atoms with Crippen LogP contribution in [0.1, 0.15) is 17.3 Å². The van der Waals surface area contributed by atoms with Crippen LogP contribution in [-0.2, 0) is 4.79 Å². The van der Waals surface area contributed by atoms with Crippen LogP contribution in [0.15, 0.2) is 18.2 Å². The molecule has 0 saturated carbocycles. The molecule has 2 rings (SSSR count). The van der Waals surface area contributed by atoms with Crippen molar-refractivity contribution in [1.29, 1.82) is 0 Å². The maximum atomic E-state index is 11.7. The molecule has 0 aromatic heterocycles. The Kier molecular flexibility index (Phi) is 2.96. The molecule has 84 valence electrons. The molecule has 1 aliphatic heterocycles. The molecule has 0 fully saturated rings. The van der Waals surface area contributed by atoms with E-state index < -0.39 is 0 Å². The fourth-order valence-electron chi connectivity index (χ4n) is 1.47. The molecule has 1 atom stereocenters. The first-order valence-electron chi connectivity index (χ1n) is 4.83. The van der Waals surface area contributed by atoms with Crippen molar-refractivity contribution in [1.82, 2.24) is 0 Å². The van der Waals surface area contributed by atoms with Crippen LogP contribution in [0.4, 0.5) is 5.69 Å². The Morgan fingerprint density at radius 1 is 1.56 bits per heavy atom. The van der Waals surface area contributed by atoms with Crippen molar-refractivity contribution < 1.29 is 14.3 Å². The number of nitrogens with one attached hydrogen (secondary N) is 1. The van der Waals surface area contributed by atoms with Gasteiger partial charge in [0, 0.05) is 5.56 Å². The number of ketones is 1. The molecule has 0 saturated heterocycles. The van der Waals surface area contributed by atoms with E-state index in [1.807, 2.05) is 0 Å². The zero-order valence-electron chi connectivity index (χ0n) is 8.62. The minimum absolute atomic E-state index is 0.0230. The molecule has 5 heteroatoms. The second-order valence-electron chi connectivity index (χ2n) is 3.53. The summed E-state index contributed by atoms with van der Waals surface area (Å²) in [6, 6.07) is 5.01. The fraction of sp³-hybridized carbons (Fsp3) is 0.273. The molecule has 16 heavy (non-hydrogen) atoms. The first-order chi connectivity index (χ1) is 7.58. The lowest BCUT2D eigenvalue weighted by Crippen LogP contribution is -2.25. The molecule has 1 unspecified atom stereocenters. The van der Waals surface area contributed by atoms with Gasteiger partial charge in [-0.15, -0.1) is 0 Å². The van der Waals surface area contributed by atoms with Crippen LogP contribution >= 0.6 is 15.9 Å². The van der Waals surface area contributed by atoms with Crippen LogP contribution in [0, 0.1) is 0 Å². The third-order valence-corrected chi connectivity index (χ3v) is 2.67. The van der Waals surface area contributed by atoms with E-state index in [-0.39, 0.29) is 23.1 Å². The summed E-state index contributed by atoms with van der Waals surface area (Å²) >= 11 is 3.22. The number of carbonyl (C=O) groups excluding carboxylic acids is 2. The van der Waals surface area contributed by atoms with Crippen LogP contribution in [-0.4, -0.2) is 23.1 Å². The molecule has 4 nitrogen and oxygen atoms in total. The van der Waals surface area contributed by atoms with Gasteiger partial charge >= 0.3 is 0 Å². The van der Waals surface area contributed by atoms with E-state index >= 15 is 0 Å². The number of Topliss-reactive ketones (excluding diaryl/α,β-unsaturated/α-hetero) is 1. The van der Waals surface area contributed by atoms with Crippen LogP contribution < -0.4 is 10.1 Å². The van der Waals surface area contributed by atoms with Gasteiger partial charge in [-0.05, 0) is 25.1 Å². The first kappa shape index (κ1) is 11.1. The molecule has 1 heterocycles. The summed E-state index contributed by atoms with van der Waals surface area (Å²) in [6.07, 6.45) is 0. The van der Waals surface area contributed by atoms with E-state index in [2.05, 4.69) is 21.2 Å². The summed E-state index contributed by atoms with van der Waals surface area (Å²) in [5.41, 5.74) is 1.10. The maximum absolute atomic E-state index is 11.7. The van der Waals surface area contributed by atoms with Gasteiger partial charge < -0.3 is 10.1 Å². The number of hydrogen-bond acceptors (Lipinski definition) is 3. The summed E-state index contributed by atoms with van der Waals surface area (Å²) in [5, 5.41) is 2.66. The highest BCUT2D eigenvalue weighted by Crippen LogP contribution is 2.29. The van der Waals surface area contributed by atoms with E-state index in [1.54, 1.807) is 25.1 Å². The molecular formula is C11H10BrNO3. The number of carbonyl (C=O) groups is 2. The average Bonchev–Trinajstić information content (AvgIpc) is 2.26. The third-order valence-electron chi connectivity index (χ3n) is 2.26. The molecule has 0 spiro atoms. The number of alkyl halides is 1. The summed E-state index contributed by atoms with van der Waals surface area (Å²) < 4.78 is 5.20. The van der Waals surface area contributed by atoms with Crippen LogP contribution in [0.2, 0.25) is 0 Å². The van der Waals surface area contributed by atoms with Crippen molar-refractivity contribution in [3.05, 3.63) is 23.8 Å². The number of halogens is 1. The van der Waals surface area contributed by atoms with E-state index in [0.717, 1.165) is 0 Å². The van der Waals surface area contributed by atoms with Gasteiger partial charge in [0.05, 0.1) is 10.5 Å². The molecule has 1 aromatic carbocycles. The van der Waals surface area contributed by atoms with Gasteiger partial charge in [0.1, 0.15) is 5.75 Å². The average molecular weight is 284 g/mol. The maximum Gasteiger partial charge on any atom is 0.262 e. The number of ether oxygens (including phenoxy) is 1. The molecular weight excluding hydrogens is 274 g/mol. The van der Waals surface area contributed by atoms with Gasteiger partial charge in [-0.3, -0.25) is 9.59 Å². The Hall–Kier alpha value is -1.36. The lowest BCUT2D eigenvalue weighted by Gasteiger charge is -2.18. The Morgan fingerprint density at radius 2 is 2.31 bits per heavy atom. The summed E-state index contributed by atoms with van der Waals surface area (Å²) in [4.78, 5) is 22.6. The lowest BCUT2D eigenvalue weighted by molar-refractivity contribution is -0.118. The van der Waals surface area contributed by atoms with Crippen molar-refractivity contribution in [2.75, 3.05) is 11.9 Å². The fourth-order valence-corrected chi connectivity index (χ4v) is 1.73. The minimum atomic E-state index is -0.245. The number of amides is 1. The second-order valence-corrected chi connectivity index (χ2v) is 4.90.